The van der Waals surface area contributed by atoms with E-state index in [0.29, 0.717) is 11.7 Å². The highest BCUT2D eigenvalue weighted by atomic mass is 32.2. The van der Waals surface area contributed by atoms with Crippen LogP contribution < -0.4 is 0 Å². The van der Waals surface area contributed by atoms with Gasteiger partial charge in [0.1, 0.15) is 5.82 Å². The van der Waals surface area contributed by atoms with Crippen LogP contribution in [-0.4, -0.2) is 23.8 Å². The zero-order chi connectivity index (χ0) is 15.3. The van der Waals surface area contributed by atoms with Crippen LogP contribution in [0.4, 0.5) is 10.1 Å². The van der Waals surface area contributed by atoms with E-state index in [-0.39, 0.29) is 16.1 Å². The number of carbonyl (C=O) groups is 1. The second-order valence-corrected chi connectivity index (χ2v) is 5.72. The van der Waals surface area contributed by atoms with Crippen molar-refractivity contribution in [3.05, 3.63) is 33.6 Å². The first-order valence-corrected chi connectivity index (χ1v) is 7.04. The fourth-order valence-electron chi connectivity index (χ4n) is 1.47. The number of methoxy groups -OCH3 is 1. The number of ether oxygens (including phenoxy) is 1. The Morgan fingerprint density at radius 2 is 2.15 bits per heavy atom. The van der Waals surface area contributed by atoms with Gasteiger partial charge in [0.05, 0.1) is 28.6 Å². The Morgan fingerprint density at radius 1 is 1.50 bits per heavy atom. The summed E-state index contributed by atoms with van der Waals surface area (Å²) in [5.41, 5.74) is -0.617. The number of hydrogen-bond donors (Lipinski definition) is 0. The minimum absolute atomic E-state index is 0.275. The van der Waals surface area contributed by atoms with Crippen LogP contribution >= 0.6 is 11.8 Å². The first kappa shape index (κ1) is 16.4. The number of nitro groups is 1. The molecule has 0 aromatic heterocycles. The molecule has 0 radical (unpaired) electrons. The third kappa shape index (κ3) is 4.19. The van der Waals surface area contributed by atoms with Gasteiger partial charge in [0.25, 0.3) is 5.69 Å². The molecule has 0 saturated heterocycles. The summed E-state index contributed by atoms with van der Waals surface area (Å²) in [5, 5.41) is 10.9. The lowest BCUT2D eigenvalue weighted by Gasteiger charge is -2.08. The third-order valence-corrected chi connectivity index (χ3v) is 3.68. The van der Waals surface area contributed by atoms with E-state index in [1.807, 2.05) is 13.8 Å². The molecule has 0 atom stereocenters. The fraction of sp³-hybridized carbons (Fsp3) is 0.462. The predicted octanol–water partition coefficient (Wildman–Crippen LogP) is 3.66. The largest absolute Gasteiger partial charge is 0.465 e. The first-order chi connectivity index (χ1) is 9.36. The van der Waals surface area contributed by atoms with Crippen molar-refractivity contribution in [3.63, 3.8) is 0 Å². The van der Waals surface area contributed by atoms with Crippen LogP contribution in [0.3, 0.4) is 0 Å². The number of rotatable bonds is 6. The molecule has 0 bridgehead atoms. The van der Waals surface area contributed by atoms with Gasteiger partial charge in [-0.3, -0.25) is 10.1 Å². The maximum Gasteiger partial charge on any atom is 0.340 e. The fourth-order valence-corrected chi connectivity index (χ4v) is 2.76. The molecule has 0 aliphatic heterocycles. The Kier molecular flexibility index (Phi) is 5.94. The minimum atomic E-state index is -0.947. The minimum Gasteiger partial charge on any atom is -0.465 e. The smallest absolute Gasteiger partial charge is 0.340 e. The molecule has 0 spiro atoms. The molecule has 0 aliphatic carbocycles. The van der Waals surface area contributed by atoms with Crippen molar-refractivity contribution in [1.82, 2.24) is 0 Å². The Hall–Kier alpha value is -1.63. The zero-order valence-corrected chi connectivity index (χ0v) is 12.3. The summed E-state index contributed by atoms with van der Waals surface area (Å²) >= 11 is 1.24. The van der Waals surface area contributed by atoms with E-state index in [1.54, 1.807) is 0 Å². The summed E-state index contributed by atoms with van der Waals surface area (Å²) in [7, 11) is 1.13. The summed E-state index contributed by atoms with van der Waals surface area (Å²) in [5.74, 6) is -0.674. The molecule has 0 fully saturated rings. The van der Waals surface area contributed by atoms with Crippen molar-refractivity contribution in [1.29, 1.82) is 0 Å². The number of thioether (sulfide) groups is 1. The molecule has 0 amide bonds. The van der Waals surface area contributed by atoms with Crippen molar-refractivity contribution in [2.45, 2.75) is 25.2 Å². The van der Waals surface area contributed by atoms with E-state index >= 15 is 0 Å². The van der Waals surface area contributed by atoms with Crippen molar-refractivity contribution in [2.75, 3.05) is 12.9 Å². The quantitative estimate of drug-likeness (QED) is 0.347. The third-order valence-electron chi connectivity index (χ3n) is 2.60. The second-order valence-electron chi connectivity index (χ2n) is 4.58. The number of nitrogens with zero attached hydrogens (tertiary/aromatic N) is 1. The monoisotopic (exact) mass is 301 g/mol. The second kappa shape index (κ2) is 7.23. The van der Waals surface area contributed by atoms with Gasteiger partial charge in [-0.05, 0) is 24.2 Å². The van der Waals surface area contributed by atoms with E-state index in [2.05, 4.69) is 4.74 Å². The van der Waals surface area contributed by atoms with Gasteiger partial charge in [0, 0.05) is 0 Å². The van der Waals surface area contributed by atoms with E-state index in [4.69, 9.17) is 0 Å². The van der Waals surface area contributed by atoms with Crippen LogP contribution in [0.5, 0.6) is 0 Å². The van der Waals surface area contributed by atoms with Crippen LogP contribution in [0.15, 0.2) is 17.0 Å². The van der Waals surface area contributed by atoms with Crippen LogP contribution in [-0.2, 0) is 4.74 Å². The first-order valence-electron chi connectivity index (χ1n) is 6.05. The highest BCUT2D eigenvalue weighted by Crippen LogP contribution is 2.32. The Balaban J connectivity index is 3.10. The lowest BCUT2D eigenvalue weighted by Crippen LogP contribution is -2.06. The molecule has 0 N–H and O–H groups in total. The Morgan fingerprint density at radius 3 is 2.65 bits per heavy atom. The molecule has 7 heteroatoms. The molecule has 20 heavy (non-hydrogen) atoms. The number of benzene rings is 1. The van der Waals surface area contributed by atoms with Crippen LogP contribution in [0, 0.1) is 21.8 Å². The van der Waals surface area contributed by atoms with E-state index in [1.165, 1.54) is 17.8 Å². The SMILES string of the molecule is COC(=O)c1cc(SCCC(C)C)c([N+](=O)[O-])cc1F. The molecule has 0 heterocycles. The Bertz CT molecular complexity index is 519. The highest BCUT2D eigenvalue weighted by Gasteiger charge is 2.22. The van der Waals surface area contributed by atoms with Gasteiger partial charge in [-0.15, -0.1) is 11.8 Å². The molecular formula is C13H16FNO4S. The molecule has 5 nitrogen and oxygen atoms in total. The van der Waals surface area contributed by atoms with Crippen LogP contribution in [0.25, 0.3) is 0 Å². The van der Waals surface area contributed by atoms with Gasteiger partial charge in [-0.25, -0.2) is 9.18 Å². The normalized spacial score (nSPS) is 10.7. The molecule has 1 rings (SSSR count). The average molecular weight is 301 g/mol. The summed E-state index contributed by atoms with van der Waals surface area (Å²) in [6, 6.07) is 1.95. The highest BCUT2D eigenvalue weighted by molar-refractivity contribution is 7.99. The van der Waals surface area contributed by atoms with Crippen molar-refractivity contribution in [3.8, 4) is 0 Å². The van der Waals surface area contributed by atoms with Gasteiger partial charge in [0.2, 0.25) is 0 Å². The van der Waals surface area contributed by atoms with Gasteiger partial charge in [0.15, 0.2) is 0 Å². The topological polar surface area (TPSA) is 69.4 Å². The van der Waals surface area contributed by atoms with Crippen LogP contribution in [0.1, 0.15) is 30.6 Å². The molecule has 110 valence electrons. The van der Waals surface area contributed by atoms with Gasteiger partial charge < -0.3 is 4.74 Å². The van der Waals surface area contributed by atoms with Crippen molar-refractivity contribution < 1.29 is 18.8 Å². The number of halogens is 1. The lowest BCUT2D eigenvalue weighted by molar-refractivity contribution is -0.387. The standard InChI is InChI=1S/C13H16FNO4S/c1-8(2)4-5-20-12-6-9(13(16)19-3)10(14)7-11(12)15(17)18/h6-8H,4-5H2,1-3H3. The van der Waals surface area contributed by atoms with Crippen molar-refractivity contribution >= 4 is 23.4 Å². The van der Waals surface area contributed by atoms with E-state index in [9.17, 15) is 19.3 Å². The number of esters is 1. The maximum atomic E-state index is 13.7. The average Bonchev–Trinajstić information content (AvgIpc) is 2.38. The Labute approximate surface area is 120 Å². The van der Waals surface area contributed by atoms with Gasteiger partial charge in [-0.1, -0.05) is 13.8 Å². The number of hydrogen-bond acceptors (Lipinski definition) is 5. The van der Waals surface area contributed by atoms with Crippen molar-refractivity contribution in [2.24, 2.45) is 5.92 Å². The van der Waals surface area contributed by atoms with Gasteiger partial charge >= 0.3 is 5.97 Å². The summed E-state index contributed by atoms with van der Waals surface area (Å²) in [4.78, 5) is 22.0. The maximum absolute atomic E-state index is 13.7. The summed E-state index contributed by atoms with van der Waals surface area (Å²) in [6.45, 7) is 4.08. The lowest BCUT2D eigenvalue weighted by atomic mass is 10.2. The summed E-state index contributed by atoms with van der Waals surface area (Å²) in [6.07, 6.45) is 0.868. The number of nitro benzene ring substituents is 1. The molecule has 0 unspecified atom stereocenters. The summed E-state index contributed by atoms with van der Waals surface area (Å²) < 4.78 is 18.1. The van der Waals surface area contributed by atoms with E-state index < -0.39 is 16.7 Å². The van der Waals surface area contributed by atoms with Gasteiger partial charge in [-0.2, -0.15) is 0 Å². The van der Waals surface area contributed by atoms with Crippen LogP contribution in [0.2, 0.25) is 0 Å². The molecule has 0 aliphatic rings. The molecule has 1 aromatic rings. The number of carbonyl (C=O) groups excluding carboxylic acids is 1. The molecule has 1 aromatic carbocycles. The zero-order valence-electron chi connectivity index (χ0n) is 11.5. The predicted molar refractivity (Wildman–Crippen MR) is 74.6 cm³/mol. The molecular weight excluding hydrogens is 285 g/mol. The molecule has 0 saturated carbocycles. The van der Waals surface area contributed by atoms with E-state index in [0.717, 1.165) is 19.6 Å².